The molecule has 0 aliphatic carbocycles. The monoisotopic (exact) mass is 224 g/mol. The van der Waals surface area contributed by atoms with Crippen LogP contribution < -0.4 is 0 Å². The third-order valence-corrected chi connectivity index (χ3v) is 1.83. The van der Waals surface area contributed by atoms with Crippen LogP contribution in [-0.2, 0) is 0 Å². The van der Waals surface area contributed by atoms with Crippen LogP contribution in [-0.4, -0.2) is 0 Å². The molecule has 0 aromatic heterocycles. The molecule has 0 heterocycles. The summed E-state index contributed by atoms with van der Waals surface area (Å²) in [5, 5.41) is 0. The van der Waals surface area contributed by atoms with E-state index in [0.29, 0.717) is 0 Å². The van der Waals surface area contributed by atoms with E-state index >= 15 is 0 Å². The second-order valence-electron chi connectivity index (χ2n) is 3.56. The molecular weight excluding hydrogens is 204 g/mol. The molecule has 0 amide bonds. The average molecular weight is 224 g/mol. The van der Waals surface area contributed by atoms with Crippen molar-refractivity contribution in [3.05, 3.63) is 0 Å². The summed E-state index contributed by atoms with van der Waals surface area (Å²) < 4.78 is 0. The van der Waals surface area contributed by atoms with Gasteiger partial charge >= 0.3 is 0 Å². The second-order valence-corrected chi connectivity index (χ2v) is 3.56. The van der Waals surface area contributed by atoms with Gasteiger partial charge < -0.3 is 0 Å². The van der Waals surface area contributed by atoms with Crippen molar-refractivity contribution in [1.29, 1.82) is 0 Å². The third kappa shape index (κ3) is 14.2. The van der Waals surface area contributed by atoms with Crippen LogP contribution in [0.4, 0.5) is 0 Å². The standard InChI is InChI=1S/C17H20/c1-3-5-7-9-11-13-15-17-16-14-12-10-8-6-4-2/h3-6,15-17H2,1-2H3. The molecule has 0 aliphatic rings. The van der Waals surface area contributed by atoms with Gasteiger partial charge in [-0.15, -0.1) is 0 Å². The van der Waals surface area contributed by atoms with Crippen LogP contribution in [0.25, 0.3) is 0 Å². The Morgan fingerprint density at radius 1 is 0.529 bits per heavy atom. The molecule has 0 unspecified atom stereocenters. The van der Waals surface area contributed by atoms with Crippen LogP contribution in [0.15, 0.2) is 0 Å². The fourth-order valence-corrected chi connectivity index (χ4v) is 0.942. The summed E-state index contributed by atoms with van der Waals surface area (Å²) in [6.07, 6.45) is 6.83. The van der Waals surface area contributed by atoms with Gasteiger partial charge in [0.1, 0.15) is 0 Å². The van der Waals surface area contributed by atoms with Crippen molar-refractivity contribution >= 4 is 0 Å². The molecular formula is C17H20. The van der Waals surface area contributed by atoms with Gasteiger partial charge in [-0.05, 0) is 42.9 Å². The van der Waals surface area contributed by atoms with Crippen molar-refractivity contribution in [2.24, 2.45) is 0 Å². The van der Waals surface area contributed by atoms with Gasteiger partial charge in [0.05, 0.1) is 0 Å². The maximum Gasteiger partial charge on any atom is 0.0108 e. The summed E-state index contributed by atoms with van der Waals surface area (Å²) in [6, 6.07) is 0. The first-order valence-corrected chi connectivity index (χ1v) is 6.33. The number of hydrogen-bond acceptors (Lipinski definition) is 0. The van der Waals surface area contributed by atoms with Crippen molar-refractivity contribution in [2.45, 2.75) is 58.8 Å². The van der Waals surface area contributed by atoms with Crippen LogP contribution >= 0.6 is 0 Å². The number of rotatable bonds is 4. The molecule has 0 fully saturated rings. The molecule has 0 nitrogen and oxygen atoms in total. The Hall–Kier alpha value is -1.76. The Bertz CT molecular complexity index is 368. The summed E-state index contributed by atoms with van der Waals surface area (Å²) in [4.78, 5) is 0. The van der Waals surface area contributed by atoms with Crippen molar-refractivity contribution in [3.63, 3.8) is 0 Å². The van der Waals surface area contributed by atoms with Crippen molar-refractivity contribution in [2.75, 3.05) is 0 Å². The van der Waals surface area contributed by atoms with E-state index in [1.54, 1.807) is 0 Å². The molecule has 88 valence electrons. The van der Waals surface area contributed by atoms with Crippen LogP contribution in [0.5, 0.6) is 0 Å². The molecule has 0 radical (unpaired) electrons. The van der Waals surface area contributed by atoms with E-state index in [1.807, 2.05) is 0 Å². The Morgan fingerprint density at radius 2 is 0.882 bits per heavy atom. The SMILES string of the molecule is CCCC#CC#CCCCC#CC#CCCC. The molecule has 0 atom stereocenters. The third-order valence-electron chi connectivity index (χ3n) is 1.83. The molecule has 0 aromatic carbocycles. The maximum atomic E-state index is 3.03. The quantitative estimate of drug-likeness (QED) is 0.503. The Labute approximate surface area is 107 Å². The normalized spacial score (nSPS) is 7.18. The summed E-state index contributed by atoms with van der Waals surface area (Å²) in [6.45, 7) is 4.23. The summed E-state index contributed by atoms with van der Waals surface area (Å²) in [5.74, 6) is 23.4. The lowest BCUT2D eigenvalue weighted by Crippen LogP contribution is -1.69. The smallest absolute Gasteiger partial charge is 0.0108 e. The molecule has 0 saturated carbocycles. The van der Waals surface area contributed by atoms with Gasteiger partial charge in [-0.2, -0.15) is 0 Å². The fraction of sp³-hybridized carbons (Fsp3) is 0.529. The molecule has 0 rings (SSSR count). The van der Waals surface area contributed by atoms with E-state index in [0.717, 1.165) is 44.9 Å². The van der Waals surface area contributed by atoms with Gasteiger partial charge in [-0.25, -0.2) is 0 Å². The van der Waals surface area contributed by atoms with Crippen molar-refractivity contribution in [3.8, 4) is 47.4 Å². The second kappa shape index (κ2) is 14.2. The van der Waals surface area contributed by atoms with Crippen LogP contribution in [0.2, 0.25) is 0 Å². The van der Waals surface area contributed by atoms with Gasteiger partial charge in [-0.1, -0.05) is 37.5 Å². The Kier molecular flexibility index (Phi) is 12.8. The fourth-order valence-electron chi connectivity index (χ4n) is 0.942. The van der Waals surface area contributed by atoms with Gasteiger partial charge in [-0.3, -0.25) is 0 Å². The zero-order valence-corrected chi connectivity index (χ0v) is 10.9. The molecule has 0 saturated heterocycles. The Morgan fingerprint density at radius 3 is 1.24 bits per heavy atom. The van der Waals surface area contributed by atoms with Crippen molar-refractivity contribution < 1.29 is 0 Å². The topological polar surface area (TPSA) is 0 Å². The highest BCUT2D eigenvalue weighted by Crippen LogP contribution is 1.91. The first-order valence-electron chi connectivity index (χ1n) is 6.33. The lowest BCUT2D eigenvalue weighted by Gasteiger charge is -1.82. The summed E-state index contributed by atoms with van der Waals surface area (Å²) >= 11 is 0. The molecule has 0 heteroatoms. The van der Waals surface area contributed by atoms with Gasteiger partial charge in [0, 0.05) is 25.7 Å². The van der Waals surface area contributed by atoms with E-state index in [1.165, 1.54) is 0 Å². The first kappa shape index (κ1) is 15.2. The minimum absolute atomic E-state index is 0.873. The number of hydrogen-bond donors (Lipinski definition) is 0. The van der Waals surface area contributed by atoms with Gasteiger partial charge in [0.25, 0.3) is 0 Å². The zero-order chi connectivity index (χ0) is 12.6. The van der Waals surface area contributed by atoms with E-state index < -0.39 is 0 Å². The van der Waals surface area contributed by atoms with Crippen LogP contribution in [0.3, 0.4) is 0 Å². The maximum absolute atomic E-state index is 3.03. The van der Waals surface area contributed by atoms with E-state index in [2.05, 4.69) is 61.2 Å². The highest BCUT2D eigenvalue weighted by atomic mass is 13.8. The van der Waals surface area contributed by atoms with E-state index in [9.17, 15) is 0 Å². The van der Waals surface area contributed by atoms with E-state index in [-0.39, 0.29) is 0 Å². The number of unbranched alkanes of at least 4 members (excludes halogenated alkanes) is 4. The highest BCUT2D eigenvalue weighted by molar-refractivity contribution is 5.26. The molecule has 0 N–H and O–H groups in total. The summed E-state index contributed by atoms with van der Waals surface area (Å²) in [5.41, 5.74) is 0. The predicted octanol–water partition coefficient (Wildman–Crippen LogP) is 3.77. The zero-order valence-electron chi connectivity index (χ0n) is 10.9. The molecule has 0 aliphatic heterocycles. The van der Waals surface area contributed by atoms with Crippen LogP contribution in [0.1, 0.15) is 58.8 Å². The minimum atomic E-state index is 0.873. The highest BCUT2D eigenvalue weighted by Gasteiger charge is 1.78. The molecule has 17 heavy (non-hydrogen) atoms. The lowest BCUT2D eigenvalue weighted by molar-refractivity contribution is 0.904. The van der Waals surface area contributed by atoms with Gasteiger partial charge in [0.2, 0.25) is 0 Å². The van der Waals surface area contributed by atoms with E-state index in [4.69, 9.17) is 0 Å². The molecule has 0 bridgehead atoms. The molecule has 0 spiro atoms. The molecule has 0 aromatic rings. The summed E-state index contributed by atoms with van der Waals surface area (Å²) in [7, 11) is 0. The van der Waals surface area contributed by atoms with Gasteiger partial charge in [0.15, 0.2) is 0 Å². The lowest BCUT2D eigenvalue weighted by atomic mass is 10.2. The minimum Gasteiger partial charge on any atom is -0.0891 e. The Balaban J connectivity index is 3.53. The average Bonchev–Trinajstić information content (AvgIpc) is 2.35. The van der Waals surface area contributed by atoms with Crippen LogP contribution in [0, 0.1) is 47.4 Å². The first-order chi connectivity index (χ1) is 8.41. The largest absolute Gasteiger partial charge is 0.0891 e. The van der Waals surface area contributed by atoms with Crippen molar-refractivity contribution in [1.82, 2.24) is 0 Å². The predicted molar refractivity (Wildman–Crippen MR) is 74.8 cm³/mol.